The van der Waals surface area contributed by atoms with Crippen molar-refractivity contribution in [2.75, 3.05) is 0 Å². The molecule has 0 unspecified atom stereocenters. The van der Waals surface area contributed by atoms with E-state index in [2.05, 4.69) is 128 Å². The van der Waals surface area contributed by atoms with Gasteiger partial charge in [0.2, 0.25) is 0 Å². The zero-order valence-electron chi connectivity index (χ0n) is 24.1. The molecule has 0 aliphatic heterocycles. The molecular formula is C38H30IrNO2S-. The van der Waals surface area contributed by atoms with Crippen molar-refractivity contribution in [2.45, 2.75) is 20.8 Å². The summed E-state index contributed by atoms with van der Waals surface area (Å²) in [6, 6.07) is 40.6. The number of thiophene rings is 1. The maximum Gasteiger partial charge on any atom is 0.155 e. The summed E-state index contributed by atoms with van der Waals surface area (Å²) in [4.78, 5) is 10.0. The van der Waals surface area contributed by atoms with Gasteiger partial charge in [-0.15, -0.1) is 17.7 Å². The van der Waals surface area contributed by atoms with E-state index in [1.165, 1.54) is 67.4 Å². The molecule has 5 heteroatoms. The van der Waals surface area contributed by atoms with Gasteiger partial charge in [0.05, 0.1) is 5.76 Å². The number of carbonyl (C=O) groups is 1. The fraction of sp³-hybridized carbons (Fsp3) is 0.0789. The van der Waals surface area contributed by atoms with Crippen molar-refractivity contribution in [2.24, 2.45) is 0 Å². The molecule has 0 amide bonds. The predicted octanol–water partition coefficient (Wildman–Crippen LogP) is 9.77. The Balaban J connectivity index is 0.000000415. The summed E-state index contributed by atoms with van der Waals surface area (Å²) < 4.78 is 4.66. The van der Waals surface area contributed by atoms with Crippen LogP contribution >= 0.6 is 11.3 Å². The van der Waals surface area contributed by atoms with Crippen molar-refractivity contribution in [3.05, 3.63) is 134 Å². The first kappa shape index (κ1) is 30.2. The average molecular weight is 757 g/mol. The number of rotatable bonds is 3. The molecule has 7 aromatic rings. The minimum Gasteiger partial charge on any atom is -0.512 e. The molecule has 3 nitrogen and oxygen atoms in total. The first-order valence-electron chi connectivity index (χ1n) is 13.8. The van der Waals surface area contributed by atoms with Crippen LogP contribution in [0.5, 0.6) is 0 Å². The summed E-state index contributed by atoms with van der Waals surface area (Å²) >= 11 is 1.84. The van der Waals surface area contributed by atoms with Gasteiger partial charge in [0.25, 0.3) is 0 Å². The summed E-state index contributed by atoms with van der Waals surface area (Å²) in [5, 5.41) is 14.7. The number of hydrogen-bond acceptors (Lipinski definition) is 3. The van der Waals surface area contributed by atoms with Crippen LogP contribution in [0.15, 0.2) is 115 Å². The number of aromatic nitrogens is 1. The number of aliphatic hydroxyl groups excluding tert-OH is 1. The van der Waals surface area contributed by atoms with Crippen LogP contribution in [0, 0.1) is 20.0 Å². The summed E-state index contributed by atoms with van der Waals surface area (Å²) in [6.07, 6.45) is 1.17. The molecule has 7 rings (SSSR count). The number of nitrogens with zero attached hydrogens (tertiary/aromatic N) is 1. The Morgan fingerprint density at radius 2 is 1.53 bits per heavy atom. The van der Waals surface area contributed by atoms with Crippen molar-refractivity contribution < 1.29 is 34.6 Å². The Hall–Kier alpha value is -4.28. The number of pyridine rings is 1. The molecule has 0 atom stereocenters. The van der Waals surface area contributed by atoms with E-state index < -0.39 is 0 Å². The Kier molecular flexibility index (Phi) is 8.79. The van der Waals surface area contributed by atoms with E-state index in [1.807, 2.05) is 11.3 Å². The van der Waals surface area contributed by atoms with E-state index in [0.29, 0.717) is 0 Å². The van der Waals surface area contributed by atoms with Crippen LogP contribution < -0.4 is 4.57 Å². The van der Waals surface area contributed by atoms with E-state index in [9.17, 15) is 4.79 Å². The topological polar surface area (TPSA) is 41.2 Å². The first-order valence-corrected chi connectivity index (χ1v) is 14.6. The van der Waals surface area contributed by atoms with Gasteiger partial charge in [0.1, 0.15) is 11.2 Å². The van der Waals surface area contributed by atoms with Crippen LogP contribution in [-0.2, 0) is 24.9 Å². The molecule has 215 valence electrons. The Morgan fingerprint density at radius 3 is 2.23 bits per heavy atom. The van der Waals surface area contributed by atoms with Crippen LogP contribution in [0.1, 0.15) is 19.4 Å². The third kappa shape index (κ3) is 5.85. The Labute approximate surface area is 269 Å². The van der Waals surface area contributed by atoms with E-state index in [-0.39, 0.29) is 31.6 Å². The molecule has 43 heavy (non-hydrogen) atoms. The molecule has 1 N–H and O–H groups in total. The summed E-state index contributed by atoms with van der Waals surface area (Å²) in [6.45, 7) is 4.98. The van der Waals surface area contributed by atoms with Crippen LogP contribution in [0.2, 0.25) is 0 Å². The quantitative estimate of drug-likeness (QED) is 0.0642. The fourth-order valence-electron chi connectivity index (χ4n) is 5.61. The number of aryl methyl sites for hydroxylation is 1. The van der Waals surface area contributed by atoms with E-state index in [1.54, 1.807) is 0 Å². The van der Waals surface area contributed by atoms with Gasteiger partial charge in [-0.2, -0.15) is 11.3 Å². The molecule has 0 saturated heterocycles. The molecule has 0 bridgehead atoms. The van der Waals surface area contributed by atoms with Gasteiger partial charge in [0, 0.05) is 43.3 Å². The minimum atomic E-state index is -0.125. The normalized spacial score (nSPS) is 11.4. The van der Waals surface area contributed by atoms with Crippen molar-refractivity contribution in [1.82, 2.24) is 0 Å². The van der Waals surface area contributed by atoms with Crippen molar-refractivity contribution >= 4 is 59.0 Å². The van der Waals surface area contributed by atoms with Gasteiger partial charge < -0.3 is 9.67 Å². The molecule has 0 aliphatic carbocycles. The van der Waals surface area contributed by atoms with Crippen molar-refractivity contribution in [3.63, 3.8) is 0 Å². The molecule has 0 fully saturated rings. The molecule has 0 spiro atoms. The summed E-state index contributed by atoms with van der Waals surface area (Å²) in [5.74, 6) is -0.0625. The molecule has 0 saturated carbocycles. The average Bonchev–Trinajstić information content (AvgIpc) is 3.35. The zero-order chi connectivity index (χ0) is 29.4. The monoisotopic (exact) mass is 757 g/mol. The zero-order valence-corrected chi connectivity index (χ0v) is 27.4. The second-order valence-electron chi connectivity index (χ2n) is 10.5. The maximum atomic E-state index is 10.0. The number of benzene rings is 5. The molecule has 2 aromatic heterocycles. The SMILES string of the molecule is CC(=O)/C=C(/C)O.[CH2-][n+]1c(-c2[c-]c(C)cc3c2sc2ccccc23)cc(-c2ccccc2)c2c3ccccc3ccc21.[Ir]. The Bertz CT molecular complexity index is 2160. The number of allylic oxidation sites excluding steroid dienone is 2. The van der Waals surface area contributed by atoms with E-state index in [0.717, 1.165) is 22.3 Å². The summed E-state index contributed by atoms with van der Waals surface area (Å²) in [5.41, 5.74) is 6.86. The van der Waals surface area contributed by atoms with Crippen molar-refractivity contribution in [3.8, 4) is 22.4 Å². The van der Waals surface area contributed by atoms with Crippen LogP contribution in [0.25, 0.3) is 64.2 Å². The molecule has 0 aliphatic rings. The second kappa shape index (κ2) is 12.5. The Morgan fingerprint density at radius 1 is 0.860 bits per heavy atom. The van der Waals surface area contributed by atoms with Gasteiger partial charge in [-0.05, 0) is 64.0 Å². The molecule has 1 radical (unpaired) electrons. The molecule has 2 heterocycles. The first-order chi connectivity index (χ1) is 20.3. The van der Waals surface area contributed by atoms with Crippen LogP contribution in [0.3, 0.4) is 0 Å². The van der Waals surface area contributed by atoms with Gasteiger partial charge in [-0.25, -0.2) is 0 Å². The molecular weight excluding hydrogens is 727 g/mol. The summed E-state index contributed by atoms with van der Waals surface area (Å²) in [7, 11) is 4.56. The van der Waals surface area contributed by atoms with Crippen LogP contribution in [-0.4, -0.2) is 10.9 Å². The number of ketones is 1. The number of fused-ring (bicyclic) bond motifs is 6. The maximum absolute atomic E-state index is 10.0. The van der Waals surface area contributed by atoms with Gasteiger partial charge in [0.15, 0.2) is 5.78 Å². The standard InChI is InChI=1S/C33H22NS.C5H8O2.Ir/c1-21-18-27-25-14-8-9-15-31(25)35-33(27)28(19-21)30-20-26(22-10-4-3-5-11-22)32-24-13-7-6-12-23(24)16-17-29(32)34(30)2;1-4(6)3-5(2)7;/h3-18,20H,2H2,1H3;3,6H,1-2H3;/q-1;;/b;4-3-;. The third-order valence-electron chi connectivity index (χ3n) is 7.34. The smallest absolute Gasteiger partial charge is 0.155 e. The van der Waals surface area contributed by atoms with Gasteiger partial charge in [-0.1, -0.05) is 96.7 Å². The number of hydrogen-bond donors (Lipinski definition) is 1. The number of aliphatic hydroxyl groups is 1. The predicted molar refractivity (Wildman–Crippen MR) is 177 cm³/mol. The van der Waals surface area contributed by atoms with E-state index >= 15 is 0 Å². The van der Waals surface area contributed by atoms with Gasteiger partial charge in [-0.3, -0.25) is 4.79 Å². The van der Waals surface area contributed by atoms with Gasteiger partial charge >= 0.3 is 0 Å². The number of carbonyl (C=O) groups excluding carboxylic acids is 1. The van der Waals surface area contributed by atoms with Crippen molar-refractivity contribution in [1.29, 1.82) is 0 Å². The minimum absolute atomic E-state index is 0. The van der Waals surface area contributed by atoms with Crippen LogP contribution in [0.4, 0.5) is 0 Å². The van der Waals surface area contributed by atoms with E-state index in [4.69, 9.17) is 5.11 Å². The molecule has 5 aromatic carbocycles. The second-order valence-corrected chi connectivity index (χ2v) is 11.5. The third-order valence-corrected chi connectivity index (χ3v) is 8.54. The largest absolute Gasteiger partial charge is 0.512 e. The fourth-order valence-corrected chi connectivity index (χ4v) is 6.80.